The molecule has 8 nitrogen and oxygen atoms in total. The molecule has 0 unspecified atom stereocenters. The molecule has 0 aliphatic rings. The van der Waals surface area contributed by atoms with E-state index in [2.05, 4.69) is 4.98 Å². The topological polar surface area (TPSA) is 98.2 Å². The van der Waals surface area contributed by atoms with Crippen molar-refractivity contribution in [2.45, 2.75) is 0 Å². The number of carbonyl (C=O) groups excluding carboxylic acids is 1. The Kier molecular flexibility index (Phi) is 6.51. The predicted molar refractivity (Wildman–Crippen MR) is 94.3 cm³/mol. The van der Waals surface area contributed by atoms with Gasteiger partial charge in [0.1, 0.15) is 5.69 Å². The zero-order valence-electron chi connectivity index (χ0n) is 14.8. The lowest BCUT2D eigenvalue weighted by Crippen LogP contribution is -2.34. The number of ether oxygens (including phenoxy) is 3. The van der Waals surface area contributed by atoms with Crippen molar-refractivity contribution in [3.63, 3.8) is 0 Å². The molecule has 26 heavy (non-hydrogen) atoms. The third-order valence-corrected chi connectivity index (χ3v) is 3.67. The summed E-state index contributed by atoms with van der Waals surface area (Å²) in [5, 5.41) is 8.92. The van der Waals surface area contributed by atoms with Crippen molar-refractivity contribution in [3.05, 3.63) is 47.8 Å². The fourth-order valence-corrected chi connectivity index (χ4v) is 2.33. The number of nitrogens with zero attached hydrogens (tertiary/aromatic N) is 2. The number of carboxylic acid groups (broad SMARTS) is 1. The van der Waals surface area contributed by atoms with Crippen molar-refractivity contribution >= 4 is 17.6 Å². The zero-order valence-corrected chi connectivity index (χ0v) is 14.8. The average Bonchev–Trinajstić information content (AvgIpc) is 2.67. The number of rotatable bonds is 8. The van der Waals surface area contributed by atoms with E-state index in [1.165, 1.54) is 37.4 Å². The van der Waals surface area contributed by atoms with E-state index in [1.54, 1.807) is 25.3 Å². The number of pyridine rings is 1. The second kappa shape index (κ2) is 8.82. The van der Waals surface area contributed by atoms with Crippen LogP contribution in [0.3, 0.4) is 0 Å². The number of benzene rings is 1. The molecule has 0 saturated heterocycles. The average molecular weight is 360 g/mol. The Morgan fingerprint density at radius 2 is 1.81 bits per heavy atom. The van der Waals surface area contributed by atoms with Gasteiger partial charge in [-0.3, -0.25) is 4.79 Å². The Labute approximate surface area is 150 Å². The summed E-state index contributed by atoms with van der Waals surface area (Å²) >= 11 is 0. The normalized spacial score (nSPS) is 10.3. The van der Waals surface area contributed by atoms with Gasteiger partial charge >= 0.3 is 5.97 Å². The minimum absolute atomic E-state index is 0.129. The quantitative estimate of drug-likeness (QED) is 0.769. The minimum atomic E-state index is -1.15. The first-order chi connectivity index (χ1) is 12.5. The van der Waals surface area contributed by atoms with Gasteiger partial charge in [-0.25, -0.2) is 9.78 Å². The maximum absolute atomic E-state index is 12.9. The monoisotopic (exact) mass is 360 g/mol. The van der Waals surface area contributed by atoms with Crippen LogP contribution in [-0.2, 0) is 4.74 Å². The molecule has 0 atom stereocenters. The number of aromatic carboxylic acids is 1. The molecule has 1 heterocycles. The molecule has 1 aromatic heterocycles. The Bertz CT molecular complexity index is 776. The molecule has 0 spiro atoms. The minimum Gasteiger partial charge on any atom is -0.493 e. The van der Waals surface area contributed by atoms with Gasteiger partial charge in [0, 0.05) is 31.6 Å². The van der Waals surface area contributed by atoms with Crippen LogP contribution < -0.4 is 14.4 Å². The highest BCUT2D eigenvalue weighted by Gasteiger charge is 2.20. The molecule has 0 fully saturated rings. The van der Waals surface area contributed by atoms with E-state index < -0.39 is 5.97 Å². The van der Waals surface area contributed by atoms with Gasteiger partial charge in [0.15, 0.2) is 11.5 Å². The number of aromatic nitrogens is 1. The van der Waals surface area contributed by atoms with Gasteiger partial charge in [-0.1, -0.05) is 0 Å². The van der Waals surface area contributed by atoms with Gasteiger partial charge in [0.25, 0.3) is 5.91 Å². The first kappa shape index (κ1) is 19.2. The highest BCUT2D eigenvalue weighted by molar-refractivity contribution is 6.06. The lowest BCUT2D eigenvalue weighted by molar-refractivity contribution is 0.0690. The third-order valence-electron chi connectivity index (χ3n) is 3.67. The summed E-state index contributed by atoms with van der Waals surface area (Å²) < 4.78 is 15.6. The van der Waals surface area contributed by atoms with Crippen molar-refractivity contribution in [1.82, 2.24) is 4.98 Å². The summed E-state index contributed by atoms with van der Waals surface area (Å²) in [5.41, 5.74) is 0.726. The molecule has 8 heteroatoms. The summed E-state index contributed by atoms with van der Waals surface area (Å²) in [6.45, 7) is 0.617. The van der Waals surface area contributed by atoms with Gasteiger partial charge in [0.05, 0.1) is 26.4 Å². The summed E-state index contributed by atoms with van der Waals surface area (Å²) in [7, 11) is 4.58. The molecule has 1 N–H and O–H groups in total. The smallest absolute Gasteiger partial charge is 0.354 e. The second-order valence-corrected chi connectivity index (χ2v) is 5.23. The van der Waals surface area contributed by atoms with E-state index in [0.717, 1.165) is 0 Å². The molecule has 0 aliphatic heterocycles. The van der Waals surface area contributed by atoms with Crippen molar-refractivity contribution in [1.29, 1.82) is 0 Å². The Morgan fingerprint density at radius 3 is 2.35 bits per heavy atom. The Hall–Kier alpha value is -3.13. The largest absolute Gasteiger partial charge is 0.493 e. The van der Waals surface area contributed by atoms with Crippen molar-refractivity contribution in [3.8, 4) is 11.5 Å². The highest BCUT2D eigenvalue weighted by atomic mass is 16.5. The van der Waals surface area contributed by atoms with Gasteiger partial charge in [-0.05, 0) is 24.3 Å². The van der Waals surface area contributed by atoms with E-state index in [-0.39, 0.29) is 17.2 Å². The van der Waals surface area contributed by atoms with E-state index in [4.69, 9.17) is 19.3 Å². The van der Waals surface area contributed by atoms with Crippen LogP contribution in [0.25, 0.3) is 0 Å². The first-order valence-electron chi connectivity index (χ1n) is 7.74. The van der Waals surface area contributed by atoms with Gasteiger partial charge in [-0.2, -0.15) is 0 Å². The molecule has 1 aromatic carbocycles. The van der Waals surface area contributed by atoms with E-state index in [9.17, 15) is 9.59 Å². The lowest BCUT2D eigenvalue weighted by atomic mass is 10.2. The molecule has 1 amide bonds. The van der Waals surface area contributed by atoms with Gasteiger partial charge in [0.2, 0.25) is 0 Å². The molecule has 0 saturated carbocycles. The summed E-state index contributed by atoms with van der Waals surface area (Å²) in [5.74, 6) is -0.457. The number of carbonyl (C=O) groups is 2. The van der Waals surface area contributed by atoms with Crippen LogP contribution in [0, 0.1) is 0 Å². The summed E-state index contributed by atoms with van der Waals surface area (Å²) in [6, 6.07) is 7.84. The predicted octanol–water partition coefficient (Wildman–Crippen LogP) is 2.09. The number of hydrogen-bond donors (Lipinski definition) is 1. The number of hydrogen-bond acceptors (Lipinski definition) is 6. The van der Waals surface area contributed by atoms with Crippen molar-refractivity contribution in [2.24, 2.45) is 0 Å². The molecule has 0 bridgehead atoms. The van der Waals surface area contributed by atoms with Crippen LogP contribution in [0.4, 0.5) is 5.69 Å². The summed E-state index contributed by atoms with van der Waals surface area (Å²) in [6.07, 6.45) is 1.24. The molecular formula is C18H20N2O6. The maximum Gasteiger partial charge on any atom is 0.354 e. The van der Waals surface area contributed by atoms with Crippen LogP contribution in [0.5, 0.6) is 11.5 Å². The molecule has 0 aliphatic carbocycles. The van der Waals surface area contributed by atoms with E-state index in [1.807, 2.05) is 0 Å². The Morgan fingerprint density at radius 1 is 1.08 bits per heavy atom. The van der Waals surface area contributed by atoms with E-state index >= 15 is 0 Å². The number of methoxy groups -OCH3 is 3. The Balaban J connectivity index is 2.37. The van der Waals surface area contributed by atoms with Gasteiger partial charge in [-0.15, -0.1) is 0 Å². The molecule has 138 valence electrons. The van der Waals surface area contributed by atoms with Crippen molar-refractivity contribution in [2.75, 3.05) is 39.4 Å². The molecule has 0 radical (unpaired) electrons. The maximum atomic E-state index is 12.9. The lowest BCUT2D eigenvalue weighted by Gasteiger charge is -2.23. The van der Waals surface area contributed by atoms with E-state index in [0.29, 0.717) is 30.3 Å². The van der Waals surface area contributed by atoms with Gasteiger partial charge < -0.3 is 24.2 Å². The fourth-order valence-electron chi connectivity index (χ4n) is 2.33. The van der Waals surface area contributed by atoms with Crippen LogP contribution in [0.1, 0.15) is 20.8 Å². The van der Waals surface area contributed by atoms with Crippen LogP contribution >= 0.6 is 0 Å². The third kappa shape index (κ3) is 4.28. The summed E-state index contributed by atoms with van der Waals surface area (Å²) in [4.78, 5) is 29.1. The molecule has 2 aromatic rings. The standard InChI is InChI=1S/C18H20N2O6/c1-24-9-8-20(13-5-7-15(25-2)16(10-13)26-3)17(21)12-4-6-14(18(22)23)19-11-12/h4-7,10-11H,8-9H2,1-3H3,(H,22,23). The number of anilines is 1. The van der Waals surface area contributed by atoms with Crippen molar-refractivity contribution < 1.29 is 28.9 Å². The second-order valence-electron chi connectivity index (χ2n) is 5.23. The number of carboxylic acids is 1. The molecular weight excluding hydrogens is 340 g/mol. The molecule has 2 rings (SSSR count). The SMILES string of the molecule is COCCN(C(=O)c1ccc(C(=O)O)nc1)c1ccc(OC)c(OC)c1. The number of amides is 1. The zero-order chi connectivity index (χ0) is 19.1. The fraction of sp³-hybridized carbons (Fsp3) is 0.278. The highest BCUT2D eigenvalue weighted by Crippen LogP contribution is 2.32. The van der Waals surface area contributed by atoms with Crippen LogP contribution in [-0.4, -0.2) is 56.4 Å². The first-order valence-corrected chi connectivity index (χ1v) is 7.74. The van der Waals surface area contributed by atoms with Crippen LogP contribution in [0.2, 0.25) is 0 Å². The van der Waals surface area contributed by atoms with Crippen LogP contribution in [0.15, 0.2) is 36.5 Å².